The van der Waals surface area contributed by atoms with Crippen LogP contribution in [0.5, 0.6) is 0 Å². The third-order valence-electron chi connectivity index (χ3n) is 4.89. The number of amides is 1. The van der Waals surface area contributed by atoms with Crippen molar-refractivity contribution < 1.29 is 17.9 Å². The van der Waals surface area contributed by atoms with Crippen LogP contribution in [0, 0.1) is 0 Å². The number of halogens is 2. The van der Waals surface area contributed by atoms with Crippen molar-refractivity contribution in [1.29, 1.82) is 0 Å². The summed E-state index contributed by atoms with van der Waals surface area (Å²) in [4.78, 5) is 14.3. The number of nitrogens with zero attached hydrogens (tertiary/aromatic N) is 1. The third-order valence-corrected chi connectivity index (χ3v) is 6.98. The molecule has 0 bridgehead atoms. The highest BCUT2D eigenvalue weighted by molar-refractivity contribution is 7.92. The molecular weight excluding hydrogens is 423 g/mol. The van der Waals surface area contributed by atoms with Crippen LogP contribution in [0.1, 0.15) is 18.4 Å². The smallest absolute Gasteiger partial charge is 0.263 e. The molecule has 28 heavy (non-hydrogen) atoms. The second kappa shape index (κ2) is 7.55. The van der Waals surface area contributed by atoms with Gasteiger partial charge < -0.3 is 9.64 Å². The van der Waals surface area contributed by atoms with Gasteiger partial charge in [0.05, 0.1) is 10.7 Å². The highest BCUT2D eigenvalue weighted by atomic mass is 35.5. The van der Waals surface area contributed by atoms with Crippen molar-refractivity contribution in [2.75, 3.05) is 22.8 Å². The lowest BCUT2D eigenvalue weighted by atomic mass is 10.1. The van der Waals surface area contributed by atoms with E-state index in [4.69, 9.17) is 27.9 Å². The number of carbonyl (C=O) groups is 1. The average molecular weight is 441 g/mol. The number of carbonyl (C=O) groups excluding carboxylic acids is 1. The summed E-state index contributed by atoms with van der Waals surface area (Å²) in [5, 5.41) is 0.348. The largest absolute Gasteiger partial charge is 0.368 e. The summed E-state index contributed by atoms with van der Waals surface area (Å²) in [6.45, 7) is 1.15. The second-order valence-corrected chi connectivity index (χ2v) is 9.26. The summed E-state index contributed by atoms with van der Waals surface area (Å²) in [6.07, 6.45) is 1.89. The van der Waals surface area contributed by atoms with E-state index in [1.165, 1.54) is 18.2 Å². The maximum atomic E-state index is 12.7. The molecule has 1 saturated heterocycles. The Morgan fingerprint density at radius 3 is 2.75 bits per heavy atom. The molecule has 0 aromatic heterocycles. The van der Waals surface area contributed by atoms with Gasteiger partial charge in [0.2, 0.25) is 0 Å². The fraction of sp³-hybridized carbons (Fsp3) is 0.316. The number of hydrogen-bond acceptors (Lipinski definition) is 4. The molecule has 148 valence electrons. The molecule has 2 aromatic rings. The van der Waals surface area contributed by atoms with Gasteiger partial charge in [-0.1, -0.05) is 29.3 Å². The maximum absolute atomic E-state index is 12.7. The van der Waals surface area contributed by atoms with Crippen molar-refractivity contribution >= 4 is 50.5 Å². The predicted molar refractivity (Wildman–Crippen MR) is 109 cm³/mol. The summed E-state index contributed by atoms with van der Waals surface area (Å²) in [5.41, 5.74) is 2.05. The van der Waals surface area contributed by atoms with E-state index in [0.717, 1.165) is 18.4 Å². The summed E-state index contributed by atoms with van der Waals surface area (Å²) in [6, 6.07) is 9.43. The molecule has 0 aliphatic carbocycles. The second-order valence-electron chi connectivity index (χ2n) is 6.77. The molecule has 0 saturated carbocycles. The zero-order valence-electron chi connectivity index (χ0n) is 14.8. The average Bonchev–Trinajstić information content (AvgIpc) is 3.32. The van der Waals surface area contributed by atoms with Crippen LogP contribution in [-0.4, -0.2) is 33.6 Å². The summed E-state index contributed by atoms with van der Waals surface area (Å²) < 4.78 is 33.5. The fourth-order valence-electron chi connectivity index (χ4n) is 3.51. The van der Waals surface area contributed by atoms with Gasteiger partial charge in [-0.15, -0.1) is 0 Å². The van der Waals surface area contributed by atoms with Crippen LogP contribution in [-0.2, 0) is 26.0 Å². The van der Waals surface area contributed by atoms with E-state index < -0.39 is 16.1 Å². The van der Waals surface area contributed by atoms with Crippen LogP contribution in [0.4, 0.5) is 11.4 Å². The third kappa shape index (κ3) is 3.72. The minimum Gasteiger partial charge on any atom is -0.368 e. The molecule has 0 radical (unpaired) electrons. The number of anilines is 2. The lowest BCUT2D eigenvalue weighted by Crippen LogP contribution is -2.37. The zero-order chi connectivity index (χ0) is 19.9. The number of ether oxygens (including phenoxy) is 1. The molecule has 1 unspecified atom stereocenters. The molecule has 0 spiro atoms. The summed E-state index contributed by atoms with van der Waals surface area (Å²) in [7, 11) is -3.93. The Morgan fingerprint density at radius 2 is 2.00 bits per heavy atom. The number of hydrogen-bond donors (Lipinski definition) is 1. The lowest BCUT2D eigenvalue weighted by Gasteiger charge is -2.21. The van der Waals surface area contributed by atoms with Crippen molar-refractivity contribution in [3.8, 4) is 0 Å². The van der Waals surface area contributed by atoms with Gasteiger partial charge in [0.15, 0.2) is 0 Å². The van der Waals surface area contributed by atoms with Crippen molar-refractivity contribution in [3.05, 3.63) is 52.0 Å². The quantitative estimate of drug-likeness (QED) is 0.782. The first-order chi connectivity index (χ1) is 13.3. The summed E-state index contributed by atoms with van der Waals surface area (Å²) >= 11 is 11.9. The molecule has 2 heterocycles. The first kappa shape index (κ1) is 19.5. The predicted octanol–water partition coefficient (Wildman–Crippen LogP) is 3.86. The Labute approximate surface area is 173 Å². The Bertz CT molecular complexity index is 1040. The minimum atomic E-state index is -3.93. The van der Waals surface area contributed by atoms with Gasteiger partial charge in [0.25, 0.3) is 15.9 Å². The van der Waals surface area contributed by atoms with Gasteiger partial charge in [-0.2, -0.15) is 0 Å². The van der Waals surface area contributed by atoms with Gasteiger partial charge in [-0.3, -0.25) is 9.52 Å². The van der Waals surface area contributed by atoms with E-state index in [1.807, 2.05) is 6.07 Å². The van der Waals surface area contributed by atoms with Gasteiger partial charge in [0.1, 0.15) is 11.0 Å². The monoisotopic (exact) mass is 440 g/mol. The molecule has 9 heteroatoms. The molecule has 2 aliphatic heterocycles. The first-order valence-corrected chi connectivity index (χ1v) is 11.1. The molecule has 1 atom stereocenters. The van der Waals surface area contributed by atoms with Crippen LogP contribution in [0.25, 0.3) is 0 Å². The summed E-state index contributed by atoms with van der Waals surface area (Å²) in [5.74, 6) is -0.0749. The molecule has 1 N–H and O–H groups in total. The van der Waals surface area contributed by atoms with E-state index in [0.29, 0.717) is 30.9 Å². The van der Waals surface area contributed by atoms with Crippen LogP contribution in [0.3, 0.4) is 0 Å². The first-order valence-electron chi connectivity index (χ1n) is 8.89. The van der Waals surface area contributed by atoms with Crippen molar-refractivity contribution in [2.45, 2.75) is 30.3 Å². The van der Waals surface area contributed by atoms with Crippen LogP contribution < -0.4 is 9.62 Å². The highest BCUT2D eigenvalue weighted by Gasteiger charge is 2.33. The Hall–Kier alpha value is -1.80. The van der Waals surface area contributed by atoms with Gasteiger partial charge in [0, 0.05) is 23.9 Å². The number of sulfonamides is 1. The van der Waals surface area contributed by atoms with Gasteiger partial charge >= 0.3 is 0 Å². The van der Waals surface area contributed by atoms with Gasteiger partial charge in [-0.25, -0.2) is 8.42 Å². The lowest BCUT2D eigenvalue weighted by molar-refractivity contribution is -0.127. The SMILES string of the molecule is O=C(C1CCCO1)N1CCc2ccc(NS(=O)(=O)c3cc(Cl)ccc3Cl)cc21. The standard InChI is InChI=1S/C19H18Cl2N2O4S/c20-13-4-6-15(21)18(10-13)28(25,26)22-14-5-3-12-7-8-23(16(12)11-14)19(24)17-2-1-9-27-17/h3-6,10-11,17,22H,1-2,7-9H2. The van der Waals surface area contributed by atoms with E-state index in [9.17, 15) is 13.2 Å². The molecule has 1 amide bonds. The minimum absolute atomic E-state index is 0.0749. The fourth-order valence-corrected chi connectivity index (χ4v) is 5.32. The number of nitrogens with one attached hydrogen (secondary N) is 1. The zero-order valence-corrected chi connectivity index (χ0v) is 17.1. The van der Waals surface area contributed by atoms with Gasteiger partial charge in [-0.05, 0) is 55.2 Å². The van der Waals surface area contributed by atoms with E-state index in [-0.39, 0.29) is 20.8 Å². The normalized spacial score (nSPS) is 18.9. The molecule has 1 fully saturated rings. The molecule has 2 aromatic carbocycles. The van der Waals surface area contributed by atoms with E-state index in [1.54, 1.807) is 17.0 Å². The van der Waals surface area contributed by atoms with Crippen molar-refractivity contribution in [2.24, 2.45) is 0 Å². The van der Waals surface area contributed by atoms with E-state index in [2.05, 4.69) is 4.72 Å². The number of rotatable bonds is 4. The molecule has 4 rings (SSSR count). The number of benzene rings is 2. The topological polar surface area (TPSA) is 75.7 Å². The van der Waals surface area contributed by atoms with Crippen LogP contribution >= 0.6 is 23.2 Å². The molecule has 6 nitrogen and oxygen atoms in total. The number of fused-ring (bicyclic) bond motifs is 1. The van der Waals surface area contributed by atoms with Crippen LogP contribution in [0.15, 0.2) is 41.3 Å². The Balaban J connectivity index is 1.61. The van der Waals surface area contributed by atoms with E-state index >= 15 is 0 Å². The molecular formula is C19H18Cl2N2O4S. The van der Waals surface area contributed by atoms with Crippen LogP contribution in [0.2, 0.25) is 10.0 Å². The van der Waals surface area contributed by atoms with Crippen molar-refractivity contribution in [1.82, 2.24) is 0 Å². The maximum Gasteiger partial charge on any atom is 0.263 e. The Morgan fingerprint density at radius 1 is 1.18 bits per heavy atom. The highest BCUT2D eigenvalue weighted by Crippen LogP contribution is 2.34. The van der Waals surface area contributed by atoms with Crippen molar-refractivity contribution in [3.63, 3.8) is 0 Å². The Kier molecular flexibility index (Phi) is 5.26. The molecule has 2 aliphatic rings.